The van der Waals surface area contributed by atoms with E-state index in [2.05, 4.69) is 20.6 Å². The molecule has 0 unspecified atom stereocenters. The number of hydrogen-bond acceptors (Lipinski definition) is 5. The van der Waals surface area contributed by atoms with Crippen LogP contribution in [0.4, 0.5) is 19.0 Å². The van der Waals surface area contributed by atoms with E-state index in [1.54, 1.807) is 18.2 Å². The van der Waals surface area contributed by atoms with Gasteiger partial charge in [-0.1, -0.05) is 23.2 Å². The fourth-order valence-corrected chi connectivity index (χ4v) is 3.21. The Hall–Kier alpha value is -2.78. The number of carbonyl (C=O) groups excluding carboxylic acids is 1. The van der Waals surface area contributed by atoms with Gasteiger partial charge in [-0.3, -0.25) is 4.79 Å². The van der Waals surface area contributed by atoms with E-state index >= 15 is 0 Å². The molecule has 1 aromatic carbocycles. The van der Waals surface area contributed by atoms with Gasteiger partial charge in [0.15, 0.2) is 11.7 Å². The molecule has 1 amide bonds. The first-order valence-electron chi connectivity index (χ1n) is 9.17. The lowest BCUT2D eigenvalue weighted by Gasteiger charge is -2.13. The average molecular weight is 473 g/mol. The number of benzene rings is 1. The summed E-state index contributed by atoms with van der Waals surface area (Å²) in [5.74, 6) is 0.246. The molecule has 2 heterocycles. The van der Waals surface area contributed by atoms with Gasteiger partial charge in [0.2, 0.25) is 5.91 Å². The first-order valence-corrected chi connectivity index (χ1v) is 9.92. The van der Waals surface area contributed by atoms with E-state index in [1.165, 1.54) is 18.5 Å². The van der Waals surface area contributed by atoms with Crippen molar-refractivity contribution in [2.75, 3.05) is 18.4 Å². The fourth-order valence-electron chi connectivity index (χ4n) is 2.71. The molecule has 0 aliphatic carbocycles. The number of amides is 1. The van der Waals surface area contributed by atoms with Gasteiger partial charge in [-0.05, 0) is 30.3 Å². The van der Waals surface area contributed by atoms with Gasteiger partial charge in [0.25, 0.3) is 0 Å². The van der Waals surface area contributed by atoms with E-state index in [-0.39, 0.29) is 37.7 Å². The number of nitrogens with zero attached hydrogens (tertiary/aromatic N) is 2. The van der Waals surface area contributed by atoms with Gasteiger partial charge in [-0.15, -0.1) is 0 Å². The summed E-state index contributed by atoms with van der Waals surface area (Å²) < 4.78 is 44.4. The second-order valence-electron chi connectivity index (χ2n) is 6.42. The highest BCUT2D eigenvalue weighted by atomic mass is 35.5. The number of oxazole rings is 1. The number of anilines is 1. The minimum atomic E-state index is -4.51. The molecule has 0 aliphatic heterocycles. The maximum atomic E-state index is 12.9. The Balaban J connectivity index is 1.44. The lowest BCUT2D eigenvalue weighted by atomic mass is 10.2. The van der Waals surface area contributed by atoms with Gasteiger partial charge in [-0.25, -0.2) is 9.97 Å². The van der Waals surface area contributed by atoms with Crippen LogP contribution in [0.3, 0.4) is 0 Å². The van der Waals surface area contributed by atoms with Gasteiger partial charge in [0.05, 0.1) is 16.8 Å². The summed E-state index contributed by atoms with van der Waals surface area (Å²) in [6.45, 7) is 0.216. The molecular weight excluding hydrogens is 456 g/mol. The number of nitrogens with one attached hydrogen (secondary N) is 2. The summed E-state index contributed by atoms with van der Waals surface area (Å²) in [5, 5.41) is 6.12. The Labute approximate surface area is 185 Å². The Morgan fingerprint density at radius 1 is 1.13 bits per heavy atom. The average Bonchev–Trinajstić information content (AvgIpc) is 3.18. The van der Waals surface area contributed by atoms with Crippen LogP contribution in [-0.2, 0) is 17.4 Å². The molecule has 0 bridgehead atoms. The SMILES string of the molecule is O=C(CCc1ncc(-c2ccc(Cl)cc2Cl)o1)NCCNc1ncccc1C(F)(F)F. The molecule has 0 radical (unpaired) electrons. The minimum absolute atomic E-state index is 0.0874. The second kappa shape index (κ2) is 10.0. The van der Waals surface area contributed by atoms with Gasteiger partial charge < -0.3 is 15.1 Å². The second-order valence-corrected chi connectivity index (χ2v) is 7.26. The van der Waals surface area contributed by atoms with Gasteiger partial charge in [-0.2, -0.15) is 13.2 Å². The van der Waals surface area contributed by atoms with E-state index in [4.69, 9.17) is 27.6 Å². The van der Waals surface area contributed by atoms with Gasteiger partial charge in [0.1, 0.15) is 5.82 Å². The van der Waals surface area contributed by atoms with Crippen LogP contribution in [0, 0.1) is 0 Å². The van der Waals surface area contributed by atoms with E-state index in [0.29, 0.717) is 27.3 Å². The van der Waals surface area contributed by atoms with Crippen molar-refractivity contribution in [2.45, 2.75) is 19.0 Å². The molecule has 2 aromatic heterocycles. The molecule has 0 fully saturated rings. The molecule has 11 heteroatoms. The van der Waals surface area contributed by atoms with Crippen LogP contribution >= 0.6 is 23.2 Å². The number of pyridine rings is 1. The van der Waals surface area contributed by atoms with Crippen molar-refractivity contribution in [1.29, 1.82) is 0 Å². The van der Waals surface area contributed by atoms with E-state index in [9.17, 15) is 18.0 Å². The van der Waals surface area contributed by atoms with Crippen molar-refractivity contribution in [1.82, 2.24) is 15.3 Å². The van der Waals surface area contributed by atoms with Crippen molar-refractivity contribution in [3.63, 3.8) is 0 Å². The molecule has 3 aromatic rings. The third-order valence-corrected chi connectivity index (χ3v) is 4.72. The van der Waals surface area contributed by atoms with E-state index < -0.39 is 11.7 Å². The maximum absolute atomic E-state index is 12.9. The lowest BCUT2D eigenvalue weighted by molar-refractivity contribution is -0.137. The highest BCUT2D eigenvalue weighted by molar-refractivity contribution is 6.36. The highest BCUT2D eigenvalue weighted by Crippen LogP contribution is 2.33. The van der Waals surface area contributed by atoms with Crippen LogP contribution in [-0.4, -0.2) is 29.0 Å². The van der Waals surface area contributed by atoms with E-state index in [1.807, 2.05) is 0 Å². The Morgan fingerprint density at radius 2 is 1.94 bits per heavy atom. The van der Waals surface area contributed by atoms with Crippen LogP contribution in [0.5, 0.6) is 0 Å². The van der Waals surface area contributed by atoms with Gasteiger partial charge in [0, 0.05) is 42.7 Å². The molecule has 0 atom stereocenters. The standard InChI is InChI=1S/C20H17Cl2F3N4O2/c21-12-3-4-13(15(22)10-12)16-11-29-18(31-16)6-5-17(30)26-8-9-28-19-14(20(23,24)25)2-1-7-27-19/h1-4,7,10-11H,5-6,8-9H2,(H,26,30)(H,27,28). The van der Waals surface area contributed by atoms with E-state index in [0.717, 1.165) is 6.07 Å². The predicted octanol–water partition coefficient (Wildman–Crippen LogP) is 5.22. The normalized spacial score (nSPS) is 11.4. The predicted molar refractivity (Wildman–Crippen MR) is 111 cm³/mol. The zero-order valence-electron chi connectivity index (χ0n) is 16.0. The first kappa shape index (κ1) is 22.9. The number of halogens is 5. The third-order valence-electron chi connectivity index (χ3n) is 4.17. The van der Waals surface area contributed by atoms with Crippen LogP contribution < -0.4 is 10.6 Å². The Kier molecular flexibility index (Phi) is 7.40. The Morgan fingerprint density at radius 3 is 2.68 bits per heavy atom. The summed E-state index contributed by atoms with van der Waals surface area (Å²) in [6.07, 6.45) is -1.38. The molecular formula is C20H17Cl2F3N4O2. The summed E-state index contributed by atoms with van der Waals surface area (Å²) in [6, 6.07) is 7.13. The summed E-state index contributed by atoms with van der Waals surface area (Å²) in [5.41, 5.74) is -0.227. The molecule has 164 valence electrons. The molecule has 0 saturated carbocycles. The number of alkyl halides is 3. The van der Waals surface area contributed by atoms with Gasteiger partial charge >= 0.3 is 6.18 Å². The topological polar surface area (TPSA) is 80.0 Å². The zero-order chi connectivity index (χ0) is 22.4. The molecule has 0 aliphatic rings. The molecule has 31 heavy (non-hydrogen) atoms. The summed E-state index contributed by atoms with van der Waals surface area (Å²) in [4.78, 5) is 19.8. The number of rotatable bonds is 8. The van der Waals surface area contributed by atoms with Crippen LogP contribution in [0.2, 0.25) is 10.0 Å². The minimum Gasteiger partial charge on any atom is -0.441 e. The quantitative estimate of drug-likeness (QED) is 0.439. The van der Waals surface area contributed by atoms with Crippen LogP contribution in [0.15, 0.2) is 47.1 Å². The molecule has 0 spiro atoms. The van der Waals surface area contributed by atoms with Crippen molar-refractivity contribution >= 4 is 34.9 Å². The molecule has 2 N–H and O–H groups in total. The molecule has 0 saturated heterocycles. The summed E-state index contributed by atoms with van der Waals surface area (Å²) in [7, 11) is 0. The monoisotopic (exact) mass is 472 g/mol. The van der Waals surface area contributed by atoms with Crippen LogP contribution in [0.1, 0.15) is 17.9 Å². The van der Waals surface area contributed by atoms with Crippen molar-refractivity contribution < 1.29 is 22.4 Å². The van der Waals surface area contributed by atoms with Crippen molar-refractivity contribution in [3.8, 4) is 11.3 Å². The van der Waals surface area contributed by atoms with Crippen molar-refractivity contribution in [2.24, 2.45) is 0 Å². The smallest absolute Gasteiger partial charge is 0.419 e. The largest absolute Gasteiger partial charge is 0.441 e. The first-order chi connectivity index (χ1) is 14.7. The number of carbonyl (C=O) groups is 1. The lowest BCUT2D eigenvalue weighted by Crippen LogP contribution is -2.29. The Bertz CT molecular complexity index is 1060. The summed E-state index contributed by atoms with van der Waals surface area (Å²) >= 11 is 12.0. The third kappa shape index (κ3) is 6.35. The number of aryl methyl sites for hydroxylation is 1. The molecule has 6 nitrogen and oxygen atoms in total. The number of hydrogen-bond donors (Lipinski definition) is 2. The van der Waals surface area contributed by atoms with Crippen molar-refractivity contribution in [3.05, 3.63) is 64.2 Å². The molecule has 3 rings (SSSR count). The maximum Gasteiger partial charge on any atom is 0.419 e. The highest BCUT2D eigenvalue weighted by Gasteiger charge is 2.33. The number of aromatic nitrogens is 2. The zero-order valence-corrected chi connectivity index (χ0v) is 17.5. The fraction of sp³-hybridized carbons (Fsp3) is 0.250. The van der Waals surface area contributed by atoms with Crippen LogP contribution in [0.25, 0.3) is 11.3 Å².